The molecule has 16 heavy (non-hydrogen) atoms. The van der Waals surface area contributed by atoms with Crippen LogP contribution >= 0.6 is 0 Å². The first-order chi connectivity index (χ1) is 7.67. The number of fused-ring (bicyclic) bond motifs is 1. The normalized spacial score (nSPS) is 10.6. The Bertz CT molecular complexity index is 611. The summed E-state index contributed by atoms with van der Waals surface area (Å²) in [5.41, 5.74) is 2.00. The molecule has 0 spiro atoms. The van der Waals surface area contributed by atoms with Gasteiger partial charge in [-0.25, -0.2) is 0 Å². The number of pyridine rings is 1. The molecule has 0 unspecified atom stereocenters. The summed E-state index contributed by atoms with van der Waals surface area (Å²) in [5.74, 6) is 0. The number of benzene rings is 1. The van der Waals surface area contributed by atoms with Crippen LogP contribution in [0.4, 0.5) is 0 Å². The van der Waals surface area contributed by atoms with E-state index in [9.17, 15) is 9.59 Å². The Morgan fingerprint density at radius 3 is 2.69 bits per heavy atom. The average molecular weight is 215 g/mol. The van der Waals surface area contributed by atoms with E-state index in [1.165, 1.54) is 0 Å². The maximum Gasteiger partial charge on any atom is 0.261 e. The lowest BCUT2D eigenvalue weighted by molar-refractivity contribution is 0.112. The van der Waals surface area contributed by atoms with E-state index >= 15 is 0 Å². The smallest absolute Gasteiger partial charge is 0.261 e. The van der Waals surface area contributed by atoms with Crippen molar-refractivity contribution in [3.05, 3.63) is 45.7 Å². The topological polar surface area (TPSA) is 39.1 Å². The molecule has 2 aromatic rings. The zero-order valence-electron chi connectivity index (χ0n) is 9.36. The van der Waals surface area contributed by atoms with E-state index < -0.39 is 0 Å². The second-order valence-electron chi connectivity index (χ2n) is 3.83. The number of nitrogens with zero attached hydrogens (tertiary/aromatic N) is 1. The summed E-state index contributed by atoms with van der Waals surface area (Å²) in [6.07, 6.45) is 0.619. The van der Waals surface area contributed by atoms with Crippen LogP contribution in [0.25, 0.3) is 10.9 Å². The number of hydrogen-bond acceptors (Lipinski definition) is 2. The Hall–Kier alpha value is -1.90. The predicted octanol–water partition coefficient (Wildman–Crippen LogP) is 2.14. The number of aryl methyl sites for hydroxylation is 2. The minimum Gasteiger partial charge on any atom is -0.308 e. The van der Waals surface area contributed by atoms with Gasteiger partial charge in [0.05, 0.1) is 11.1 Å². The first-order valence-corrected chi connectivity index (χ1v) is 5.26. The van der Waals surface area contributed by atoms with Gasteiger partial charge in [0, 0.05) is 6.54 Å². The lowest BCUT2D eigenvalue weighted by Crippen LogP contribution is -2.23. The van der Waals surface area contributed by atoms with Gasteiger partial charge < -0.3 is 4.57 Å². The molecule has 0 fully saturated rings. The molecule has 0 radical (unpaired) electrons. The Kier molecular flexibility index (Phi) is 2.60. The van der Waals surface area contributed by atoms with Crippen LogP contribution in [0.1, 0.15) is 22.8 Å². The molecule has 0 N–H and O–H groups in total. The number of carbonyl (C=O) groups excluding carboxylic acids is 1. The van der Waals surface area contributed by atoms with Gasteiger partial charge in [-0.1, -0.05) is 12.1 Å². The third kappa shape index (κ3) is 1.54. The van der Waals surface area contributed by atoms with Crippen molar-refractivity contribution in [1.29, 1.82) is 0 Å². The van der Waals surface area contributed by atoms with Gasteiger partial charge in [-0.15, -0.1) is 0 Å². The summed E-state index contributed by atoms with van der Waals surface area (Å²) in [6.45, 7) is 4.45. The molecule has 82 valence electrons. The lowest BCUT2D eigenvalue weighted by Gasteiger charge is -2.09. The molecule has 3 nitrogen and oxygen atoms in total. The SMILES string of the molecule is CCn1c(=O)c(C=O)cc2ccc(C)cc21. The highest BCUT2D eigenvalue weighted by Gasteiger charge is 2.07. The third-order valence-electron chi connectivity index (χ3n) is 2.72. The van der Waals surface area contributed by atoms with Gasteiger partial charge in [-0.05, 0) is 36.9 Å². The largest absolute Gasteiger partial charge is 0.308 e. The molecule has 0 aliphatic carbocycles. The fraction of sp³-hybridized carbons (Fsp3) is 0.231. The van der Waals surface area contributed by atoms with E-state index in [2.05, 4.69) is 0 Å². The Morgan fingerprint density at radius 1 is 1.31 bits per heavy atom. The number of hydrogen-bond donors (Lipinski definition) is 0. The van der Waals surface area contributed by atoms with E-state index in [0.29, 0.717) is 12.8 Å². The molecule has 3 heteroatoms. The maximum absolute atomic E-state index is 11.9. The molecule has 1 aromatic carbocycles. The summed E-state index contributed by atoms with van der Waals surface area (Å²) in [5, 5.41) is 0.925. The van der Waals surface area contributed by atoms with Crippen molar-refractivity contribution in [2.45, 2.75) is 20.4 Å². The molecular weight excluding hydrogens is 202 g/mol. The van der Waals surface area contributed by atoms with Crippen molar-refractivity contribution < 1.29 is 4.79 Å². The molecule has 1 heterocycles. The van der Waals surface area contributed by atoms with Crippen molar-refractivity contribution in [3.63, 3.8) is 0 Å². The Morgan fingerprint density at radius 2 is 2.06 bits per heavy atom. The van der Waals surface area contributed by atoms with Gasteiger partial charge in [0.1, 0.15) is 0 Å². The zero-order chi connectivity index (χ0) is 11.7. The number of aromatic nitrogens is 1. The van der Waals surface area contributed by atoms with Crippen LogP contribution < -0.4 is 5.56 Å². The molecular formula is C13H13NO2. The minimum absolute atomic E-state index is 0.212. The van der Waals surface area contributed by atoms with Crippen LogP contribution in [0, 0.1) is 6.92 Å². The van der Waals surface area contributed by atoms with Gasteiger partial charge in [0.15, 0.2) is 6.29 Å². The minimum atomic E-state index is -0.212. The highest BCUT2D eigenvalue weighted by molar-refractivity contribution is 5.86. The van der Waals surface area contributed by atoms with Crippen molar-refractivity contribution in [3.8, 4) is 0 Å². The lowest BCUT2D eigenvalue weighted by atomic mass is 10.1. The molecule has 0 atom stereocenters. The van der Waals surface area contributed by atoms with Crippen LogP contribution in [0.15, 0.2) is 29.1 Å². The van der Waals surface area contributed by atoms with Gasteiger partial charge in [0.25, 0.3) is 5.56 Å². The van der Waals surface area contributed by atoms with Crippen LogP contribution in [-0.2, 0) is 6.54 Å². The second-order valence-corrected chi connectivity index (χ2v) is 3.83. The monoisotopic (exact) mass is 215 g/mol. The maximum atomic E-state index is 11.9. The standard InChI is InChI=1S/C13H13NO2/c1-3-14-12-6-9(2)4-5-10(12)7-11(8-15)13(14)16/h4-8H,3H2,1-2H3. The summed E-state index contributed by atoms with van der Waals surface area (Å²) in [6, 6.07) is 7.52. The molecule has 0 aliphatic rings. The first-order valence-electron chi connectivity index (χ1n) is 5.26. The van der Waals surface area contributed by atoms with Gasteiger partial charge in [-0.3, -0.25) is 9.59 Å². The number of rotatable bonds is 2. The molecule has 0 amide bonds. The molecule has 0 saturated carbocycles. The van der Waals surface area contributed by atoms with E-state index in [4.69, 9.17) is 0 Å². The van der Waals surface area contributed by atoms with Crippen LogP contribution in [-0.4, -0.2) is 10.9 Å². The molecule has 0 bridgehead atoms. The molecule has 0 aliphatic heterocycles. The fourth-order valence-electron chi connectivity index (χ4n) is 1.90. The van der Waals surface area contributed by atoms with Crippen LogP contribution in [0.2, 0.25) is 0 Å². The summed E-state index contributed by atoms with van der Waals surface area (Å²) >= 11 is 0. The van der Waals surface area contributed by atoms with E-state index in [0.717, 1.165) is 16.5 Å². The van der Waals surface area contributed by atoms with Gasteiger partial charge >= 0.3 is 0 Å². The van der Waals surface area contributed by atoms with Crippen LogP contribution in [0.5, 0.6) is 0 Å². The second kappa shape index (κ2) is 3.93. The predicted molar refractivity (Wildman–Crippen MR) is 64.0 cm³/mol. The Labute approximate surface area is 93.3 Å². The number of carbonyl (C=O) groups is 1. The molecule has 2 rings (SSSR count). The van der Waals surface area contributed by atoms with E-state index in [1.807, 2.05) is 32.0 Å². The van der Waals surface area contributed by atoms with Crippen molar-refractivity contribution in [1.82, 2.24) is 4.57 Å². The summed E-state index contributed by atoms with van der Waals surface area (Å²) in [7, 11) is 0. The average Bonchev–Trinajstić information content (AvgIpc) is 2.28. The summed E-state index contributed by atoms with van der Waals surface area (Å²) in [4.78, 5) is 22.7. The van der Waals surface area contributed by atoms with Crippen molar-refractivity contribution >= 4 is 17.2 Å². The molecule has 0 saturated heterocycles. The van der Waals surface area contributed by atoms with Crippen molar-refractivity contribution in [2.75, 3.05) is 0 Å². The fourth-order valence-corrected chi connectivity index (χ4v) is 1.90. The Balaban J connectivity index is 2.96. The van der Waals surface area contributed by atoms with Gasteiger partial charge in [-0.2, -0.15) is 0 Å². The molecule has 1 aromatic heterocycles. The highest BCUT2D eigenvalue weighted by atomic mass is 16.1. The van der Waals surface area contributed by atoms with Crippen LogP contribution in [0.3, 0.4) is 0 Å². The summed E-state index contributed by atoms with van der Waals surface area (Å²) < 4.78 is 1.63. The van der Waals surface area contributed by atoms with E-state index in [1.54, 1.807) is 10.6 Å². The quantitative estimate of drug-likeness (QED) is 0.720. The van der Waals surface area contributed by atoms with E-state index in [-0.39, 0.29) is 11.1 Å². The van der Waals surface area contributed by atoms with Crippen molar-refractivity contribution in [2.24, 2.45) is 0 Å². The number of aldehydes is 1. The zero-order valence-corrected chi connectivity index (χ0v) is 9.36. The highest BCUT2D eigenvalue weighted by Crippen LogP contribution is 2.15. The van der Waals surface area contributed by atoms with Gasteiger partial charge in [0.2, 0.25) is 0 Å². The first kappa shape index (κ1) is 10.6. The third-order valence-corrected chi connectivity index (χ3v) is 2.72.